The van der Waals surface area contributed by atoms with Crippen molar-refractivity contribution >= 4 is 38.9 Å². The van der Waals surface area contributed by atoms with Crippen molar-refractivity contribution in [1.82, 2.24) is 4.57 Å². The Morgan fingerprint density at radius 1 is 0.315 bits per heavy atom. The minimum absolute atomic E-state index is 0.0102. The largest absolute Gasteiger partial charge is 0.335 e. The first-order valence-corrected chi connectivity index (χ1v) is 18.8. The van der Waals surface area contributed by atoms with Crippen molar-refractivity contribution in [3.63, 3.8) is 0 Å². The van der Waals surface area contributed by atoms with Crippen LogP contribution in [0.1, 0.15) is 20.8 Å². The number of nitrogens with zero attached hydrogens (tertiary/aromatic N) is 2. The van der Waals surface area contributed by atoms with Crippen molar-refractivity contribution in [3.8, 4) is 44.5 Å². The third-order valence-electron chi connectivity index (χ3n) is 10.5. The van der Waals surface area contributed by atoms with Crippen molar-refractivity contribution in [3.05, 3.63) is 200 Å². The van der Waals surface area contributed by atoms with Crippen molar-refractivity contribution in [2.45, 2.75) is 26.3 Å². The highest BCUT2D eigenvalue weighted by Gasteiger charge is 2.20. The summed E-state index contributed by atoms with van der Waals surface area (Å²) in [5, 5.41) is 2.61. The maximum Gasteiger partial charge on any atom is 0.0496 e. The average Bonchev–Trinajstić information content (AvgIpc) is 3.57. The van der Waals surface area contributed by atoms with E-state index in [4.69, 9.17) is 0 Å². The third kappa shape index (κ3) is 6.27. The van der Waals surface area contributed by atoms with Gasteiger partial charge in [-0.2, -0.15) is 0 Å². The zero-order chi connectivity index (χ0) is 36.6. The third-order valence-corrected chi connectivity index (χ3v) is 10.5. The molecule has 2 heteroatoms. The number of benzene rings is 8. The maximum absolute atomic E-state index is 2.47. The number of para-hydroxylation sites is 2. The van der Waals surface area contributed by atoms with Gasteiger partial charge in [-0.1, -0.05) is 146 Å². The van der Waals surface area contributed by atoms with Crippen LogP contribution >= 0.6 is 0 Å². The van der Waals surface area contributed by atoms with E-state index in [1.54, 1.807) is 0 Å². The highest BCUT2D eigenvalue weighted by atomic mass is 15.1. The average molecular weight is 695 g/mol. The Labute approximate surface area is 318 Å². The van der Waals surface area contributed by atoms with E-state index in [0.29, 0.717) is 0 Å². The Bertz CT molecular complexity index is 2680. The van der Waals surface area contributed by atoms with Gasteiger partial charge in [-0.15, -0.1) is 0 Å². The zero-order valence-corrected chi connectivity index (χ0v) is 30.9. The molecule has 9 aromatic rings. The lowest BCUT2D eigenvalue weighted by atomic mass is 9.97. The summed E-state index contributed by atoms with van der Waals surface area (Å²) in [5.74, 6) is 0. The van der Waals surface area contributed by atoms with Gasteiger partial charge in [0.15, 0.2) is 0 Å². The molecule has 0 aliphatic carbocycles. The molecule has 0 saturated carbocycles. The summed E-state index contributed by atoms with van der Waals surface area (Å²) in [4.78, 5) is 2.31. The Balaban J connectivity index is 0.953. The lowest BCUT2D eigenvalue weighted by Gasteiger charge is -2.26. The molecule has 260 valence electrons. The Morgan fingerprint density at radius 3 is 1.17 bits per heavy atom. The number of rotatable bonds is 7. The van der Waals surface area contributed by atoms with Crippen LogP contribution in [-0.2, 0) is 5.54 Å². The molecule has 0 atom stereocenters. The molecule has 0 fully saturated rings. The first-order chi connectivity index (χ1) is 26.4. The molecule has 0 saturated heterocycles. The van der Waals surface area contributed by atoms with Gasteiger partial charge in [-0.05, 0) is 120 Å². The van der Waals surface area contributed by atoms with Crippen LogP contribution in [0.5, 0.6) is 0 Å². The van der Waals surface area contributed by atoms with Gasteiger partial charge in [0, 0.05) is 44.4 Å². The topological polar surface area (TPSA) is 8.17 Å². The van der Waals surface area contributed by atoms with E-state index in [9.17, 15) is 0 Å². The van der Waals surface area contributed by atoms with E-state index in [-0.39, 0.29) is 5.54 Å². The second kappa shape index (κ2) is 13.7. The molecule has 8 aromatic carbocycles. The summed E-state index contributed by atoms with van der Waals surface area (Å²) in [6, 6.07) is 72.4. The number of hydrogen-bond acceptors (Lipinski definition) is 1. The quantitative estimate of drug-likeness (QED) is 0.161. The molecule has 9 rings (SSSR count). The Kier molecular flexibility index (Phi) is 8.44. The smallest absolute Gasteiger partial charge is 0.0496 e. The molecule has 1 aromatic heterocycles. The molecule has 0 N–H and O–H groups in total. The Hall–Kier alpha value is -6.64. The van der Waals surface area contributed by atoms with Gasteiger partial charge < -0.3 is 9.47 Å². The molecule has 2 nitrogen and oxygen atoms in total. The number of aromatic nitrogens is 1. The fourth-order valence-corrected chi connectivity index (χ4v) is 7.85. The normalized spacial score (nSPS) is 11.6. The number of fused-ring (bicyclic) bond motifs is 3. The molecule has 0 amide bonds. The van der Waals surface area contributed by atoms with Crippen LogP contribution in [0.3, 0.4) is 0 Å². The number of hydrogen-bond donors (Lipinski definition) is 0. The highest BCUT2D eigenvalue weighted by Crippen LogP contribution is 2.39. The van der Waals surface area contributed by atoms with Gasteiger partial charge in [-0.3, -0.25) is 0 Å². The molecule has 0 radical (unpaired) electrons. The van der Waals surface area contributed by atoms with E-state index in [0.717, 1.165) is 17.1 Å². The van der Waals surface area contributed by atoms with Crippen molar-refractivity contribution in [2.75, 3.05) is 4.90 Å². The SMILES string of the molecule is CC(C)(C)n1c2ccccc2c2cc(-c3ccc(-c4ccc(-c5ccc(N(c6ccccc6)c6ccc(-c7ccccc7)cc6)cc5)cc4)cc3)ccc21. The minimum atomic E-state index is -0.0102. The Morgan fingerprint density at radius 2 is 0.667 bits per heavy atom. The monoisotopic (exact) mass is 694 g/mol. The second-order valence-corrected chi connectivity index (χ2v) is 15.0. The summed E-state index contributed by atoms with van der Waals surface area (Å²) in [6.45, 7) is 6.84. The predicted octanol–water partition coefficient (Wildman–Crippen LogP) is 14.7. The maximum atomic E-state index is 2.47. The van der Waals surface area contributed by atoms with Crippen molar-refractivity contribution in [2.24, 2.45) is 0 Å². The molecule has 0 unspecified atom stereocenters. The van der Waals surface area contributed by atoms with Crippen LogP contribution in [0.4, 0.5) is 17.1 Å². The summed E-state index contributed by atoms with van der Waals surface area (Å²) >= 11 is 0. The lowest BCUT2D eigenvalue weighted by Crippen LogP contribution is -2.21. The predicted molar refractivity (Wildman–Crippen MR) is 231 cm³/mol. The van der Waals surface area contributed by atoms with Crippen LogP contribution in [0, 0.1) is 0 Å². The van der Waals surface area contributed by atoms with E-state index in [1.807, 2.05) is 0 Å². The van der Waals surface area contributed by atoms with E-state index in [1.165, 1.54) is 66.3 Å². The zero-order valence-electron chi connectivity index (χ0n) is 30.9. The van der Waals surface area contributed by atoms with Crippen LogP contribution in [0.2, 0.25) is 0 Å². The first-order valence-electron chi connectivity index (χ1n) is 18.8. The van der Waals surface area contributed by atoms with Crippen LogP contribution in [-0.4, -0.2) is 4.57 Å². The van der Waals surface area contributed by atoms with E-state index in [2.05, 4.69) is 230 Å². The van der Waals surface area contributed by atoms with Gasteiger partial charge >= 0.3 is 0 Å². The molecule has 0 bridgehead atoms. The number of anilines is 3. The molecule has 0 aliphatic heterocycles. The molecule has 54 heavy (non-hydrogen) atoms. The van der Waals surface area contributed by atoms with Gasteiger partial charge in [0.25, 0.3) is 0 Å². The lowest BCUT2D eigenvalue weighted by molar-refractivity contribution is 0.423. The molecular weight excluding hydrogens is 653 g/mol. The molecule has 0 aliphatic rings. The van der Waals surface area contributed by atoms with Crippen LogP contribution in [0.15, 0.2) is 200 Å². The van der Waals surface area contributed by atoms with E-state index >= 15 is 0 Å². The van der Waals surface area contributed by atoms with Crippen LogP contribution in [0.25, 0.3) is 66.3 Å². The standard InChI is InChI=1S/C52H42N2/c1-52(2,3)54-50-17-11-10-16-48(50)49-36-44(30-35-51(49)54)43-24-22-39(23-25-43)38-18-20-40(21-19-38)42-28-33-47(34-29-42)53(45-14-8-5-9-15-45)46-31-26-41(27-32-46)37-12-6-4-7-13-37/h4-36H,1-3H3. The highest BCUT2D eigenvalue weighted by molar-refractivity contribution is 6.09. The first kappa shape index (κ1) is 33.2. The van der Waals surface area contributed by atoms with Gasteiger partial charge in [0.2, 0.25) is 0 Å². The summed E-state index contributed by atoms with van der Waals surface area (Å²) in [6.07, 6.45) is 0. The minimum Gasteiger partial charge on any atom is -0.335 e. The summed E-state index contributed by atoms with van der Waals surface area (Å²) < 4.78 is 2.47. The van der Waals surface area contributed by atoms with Gasteiger partial charge in [0.1, 0.15) is 0 Å². The molecule has 1 heterocycles. The fourth-order valence-electron chi connectivity index (χ4n) is 7.85. The molecular formula is C52H42N2. The van der Waals surface area contributed by atoms with Gasteiger partial charge in [-0.25, -0.2) is 0 Å². The summed E-state index contributed by atoms with van der Waals surface area (Å²) in [5.41, 5.74) is 15.6. The van der Waals surface area contributed by atoms with Crippen molar-refractivity contribution in [1.29, 1.82) is 0 Å². The van der Waals surface area contributed by atoms with E-state index < -0.39 is 0 Å². The van der Waals surface area contributed by atoms with Gasteiger partial charge in [0.05, 0.1) is 0 Å². The summed E-state index contributed by atoms with van der Waals surface area (Å²) in [7, 11) is 0. The second-order valence-electron chi connectivity index (χ2n) is 15.0. The van der Waals surface area contributed by atoms with Crippen LogP contribution < -0.4 is 4.90 Å². The molecule has 0 spiro atoms. The fraction of sp³-hybridized carbons (Fsp3) is 0.0769. The van der Waals surface area contributed by atoms with Crippen molar-refractivity contribution < 1.29 is 0 Å².